The van der Waals surface area contributed by atoms with Crippen molar-refractivity contribution in [2.24, 2.45) is 17.8 Å². The Labute approximate surface area is 372 Å². The van der Waals surface area contributed by atoms with E-state index in [1.807, 2.05) is 0 Å². The minimum atomic E-state index is -5.74. The number of rotatable bonds is 12. The van der Waals surface area contributed by atoms with E-state index in [9.17, 15) is 84.3 Å². The summed E-state index contributed by atoms with van der Waals surface area (Å²) in [7, 11) is -27.1. The normalized spacial score (nSPS) is 18.4. The Morgan fingerprint density at radius 3 is 1.76 bits per heavy atom. The lowest BCUT2D eigenvalue weighted by atomic mass is 9.80. The predicted molar refractivity (Wildman–Crippen MR) is 228 cm³/mol. The molecule has 2 unspecified atom stereocenters. The van der Waals surface area contributed by atoms with Crippen LogP contribution in [0.4, 0.5) is 11.4 Å². The lowest BCUT2D eigenvalue weighted by Crippen LogP contribution is -2.25. The highest BCUT2D eigenvalue weighted by atomic mass is 32.2. The molecule has 1 aromatic heterocycles. The first-order valence-electron chi connectivity index (χ1n) is 18.7. The third-order valence-electron chi connectivity index (χ3n) is 11.2. The van der Waals surface area contributed by atoms with Gasteiger partial charge in [0, 0.05) is 33.9 Å². The van der Waals surface area contributed by atoms with Gasteiger partial charge >= 0.3 is 0 Å². The molecule has 66 heavy (non-hydrogen) atoms. The van der Waals surface area contributed by atoms with E-state index in [-0.39, 0.29) is 23.3 Å². The van der Waals surface area contributed by atoms with E-state index in [4.69, 9.17) is 0 Å². The number of hydrogen-bond donors (Lipinski definition) is 6. The summed E-state index contributed by atoms with van der Waals surface area (Å²) in [5.74, 6) is -8.04. The van der Waals surface area contributed by atoms with Crippen molar-refractivity contribution in [3.8, 4) is 11.1 Å². The fourth-order valence-corrected chi connectivity index (χ4v) is 13.0. The quantitative estimate of drug-likeness (QED) is 0.0583. The summed E-state index contributed by atoms with van der Waals surface area (Å²) in [6, 6.07) is 9.61. The van der Waals surface area contributed by atoms with E-state index in [0.717, 1.165) is 18.2 Å². The molecular weight excluding hydrogens is 973 g/mol. The van der Waals surface area contributed by atoms with Gasteiger partial charge in [-0.1, -0.05) is 60.7 Å². The molecule has 26 heteroatoms. The van der Waals surface area contributed by atoms with Gasteiger partial charge in [-0.25, -0.2) is 8.42 Å². The molecule has 1 heterocycles. The zero-order chi connectivity index (χ0) is 48.2. The van der Waals surface area contributed by atoms with Crippen molar-refractivity contribution in [1.82, 2.24) is 4.98 Å². The third kappa shape index (κ3) is 7.83. The van der Waals surface area contributed by atoms with Gasteiger partial charge in [0.15, 0.2) is 33.0 Å². The number of pyridine rings is 1. The Hall–Kier alpha value is -6.36. The van der Waals surface area contributed by atoms with Gasteiger partial charge in [0.05, 0.1) is 49.5 Å². The SMILES string of the molecule is O=C(c1cccc(S(=O)(=O)O)c1)c1c2c3c(c(Nc4cc(S(=O)(=O)CCC5C(=O)C6C=CC=CC6C5=O)c(S(=O)(=O)O)cc4S(=O)(=O)O)cc(S(=O)(=O)O)c3[nH]c1=O)C(=O)c1ccccc1-2. The summed E-state index contributed by atoms with van der Waals surface area (Å²) in [5.41, 5.74) is -7.24. The van der Waals surface area contributed by atoms with Crippen molar-refractivity contribution in [3.63, 3.8) is 0 Å². The van der Waals surface area contributed by atoms with Crippen LogP contribution in [0.15, 0.2) is 120 Å². The van der Waals surface area contributed by atoms with Gasteiger partial charge in [-0.2, -0.15) is 33.7 Å². The number of carbonyl (C=O) groups is 4. The topological polar surface area (TPSA) is 365 Å². The maximum absolute atomic E-state index is 14.5. The molecule has 1 fully saturated rings. The summed E-state index contributed by atoms with van der Waals surface area (Å²) in [4.78, 5) is 64.6. The van der Waals surface area contributed by atoms with Crippen LogP contribution in [-0.4, -0.2) is 94.2 Å². The number of carbonyl (C=O) groups excluding carboxylic acids is 4. The van der Waals surface area contributed by atoms with Crippen LogP contribution in [0, 0.1) is 17.8 Å². The minimum absolute atomic E-state index is 0.0176. The molecule has 4 aromatic carbocycles. The first kappa shape index (κ1) is 46.2. The first-order valence-corrected chi connectivity index (χ1v) is 26.1. The van der Waals surface area contributed by atoms with Crippen molar-refractivity contribution >= 4 is 95.7 Å². The number of H-pyrrole nitrogens is 1. The Morgan fingerprint density at radius 1 is 0.606 bits per heavy atom. The molecule has 0 spiro atoms. The largest absolute Gasteiger partial charge is 0.354 e. The monoisotopic (exact) mass is 1000 g/mol. The van der Waals surface area contributed by atoms with Crippen LogP contribution in [0.1, 0.15) is 38.3 Å². The number of anilines is 2. The van der Waals surface area contributed by atoms with Crippen molar-refractivity contribution in [3.05, 3.63) is 124 Å². The molecule has 0 aliphatic heterocycles. The summed E-state index contributed by atoms with van der Waals surface area (Å²) in [5, 5.41) is 1.68. The number of aromatic amines is 1. The number of aromatic nitrogens is 1. The lowest BCUT2D eigenvalue weighted by molar-refractivity contribution is -0.128. The van der Waals surface area contributed by atoms with Gasteiger partial charge in [-0.05, 0) is 42.3 Å². The highest BCUT2D eigenvalue weighted by Crippen LogP contribution is 2.47. The Kier molecular flexibility index (Phi) is 10.9. The first-order chi connectivity index (χ1) is 30.6. The van der Waals surface area contributed by atoms with Crippen molar-refractivity contribution in [2.75, 3.05) is 11.1 Å². The van der Waals surface area contributed by atoms with Crippen LogP contribution in [0.3, 0.4) is 0 Å². The number of hydrogen-bond acceptors (Lipinski definition) is 16. The highest BCUT2D eigenvalue weighted by molar-refractivity contribution is 7.93. The van der Waals surface area contributed by atoms with Crippen LogP contribution in [0.25, 0.3) is 22.0 Å². The standard InChI is InChI=1S/C40H28N2O19S5/c43-36(18-6-5-7-19(14-18)63(50,51)52)34-31-20-8-1-2-9-21(20)39(46)32-26(16-30(66(59,60)61)35(33(31)32)42-40(34)47)41-25-15-28(29(65(56,57)58)17-27(25)64(53,54)55)62(48,49)13-12-24-37(44)22-10-3-4-11-23(22)38(24)45/h1-11,14-17,22-24,41H,12-13H2,(H,42,47)(H,50,51,52)(H,53,54,55)(H,56,57,58)(H,59,60,61). The molecule has 0 amide bonds. The smallest absolute Gasteiger partial charge is 0.296 e. The molecule has 3 aliphatic rings. The Balaban J connectivity index is 1.38. The van der Waals surface area contributed by atoms with Crippen molar-refractivity contribution in [2.45, 2.75) is 30.9 Å². The molecule has 5 aromatic rings. The van der Waals surface area contributed by atoms with Crippen LogP contribution >= 0.6 is 0 Å². The number of nitrogens with one attached hydrogen (secondary N) is 2. The van der Waals surface area contributed by atoms with Crippen LogP contribution in [0.5, 0.6) is 0 Å². The summed E-state index contributed by atoms with van der Waals surface area (Å²) in [6.07, 6.45) is 5.20. The van der Waals surface area contributed by atoms with Gasteiger partial charge < -0.3 is 10.3 Å². The number of sulfone groups is 1. The van der Waals surface area contributed by atoms with Crippen LogP contribution in [-0.2, 0) is 59.9 Å². The van der Waals surface area contributed by atoms with Gasteiger partial charge in [0.25, 0.3) is 46.0 Å². The Morgan fingerprint density at radius 2 is 1.18 bits per heavy atom. The number of Topliss-reactive ketones (excluding diaryl/α,β-unsaturated/α-hetero) is 2. The zero-order valence-corrected chi connectivity index (χ0v) is 36.8. The second kappa shape index (κ2) is 15.6. The maximum Gasteiger partial charge on any atom is 0.296 e. The highest BCUT2D eigenvalue weighted by Gasteiger charge is 2.48. The molecule has 8 rings (SSSR count). The van der Waals surface area contributed by atoms with Gasteiger partial charge in [0.1, 0.15) is 14.7 Å². The predicted octanol–water partition coefficient (Wildman–Crippen LogP) is 2.99. The summed E-state index contributed by atoms with van der Waals surface area (Å²) < 4.78 is 170. The second-order valence-electron chi connectivity index (χ2n) is 15.1. The third-order valence-corrected chi connectivity index (χ3v) is 16.6. The second-order valence-corrected chi connectivity index (χ2v) is 22.8. The molecule has 0 saturated heterocycles. The average Bonchev–Trinajstić information content (AvgIpc) is 3.47. The zero-order valence-electron chi connectivity index (χ0n) is 32.8. The maximum atomic E-state index is 14.5. The van der Waals surface area contributed by atoms with Crippen molar-refractivity contribution in [1.29, 1.82) is 0 Å². The van der Waals surface area contributed by atoms with E-state index >= 15 is 0 Å². The number of ketones is 4. The van der Waals surface area contributed by atoms with Gasteiger partial charge in [0.2, 0.25) is 0 Å². The fraction of sp³-hybridized carbons (Fsp3) is 0.125. The van der Waals surface area contributed by atoms with E-state index < -0.39 is 178 Å². The summed E-state index contributed by atoms with van der Waals surface area (Å²) in [6.45, 7) is 0. The molecular formula is C40H28N2O19S5. The fourth-order valence-electron chi connectivity index (χ4n) is 8.31. The molecule has 0 bridgehead atoms. The van der Waals surface area contributed by atoms with E-state index in [1.54, 1.807) is 0 Å². The molecule has 6 N–H and O–H groups in total. The molecule has 21 nitrogen and oxygen atoms in total. The minimum Gasteiger partial charge on any atom is -0.354 e. The Bertz CT molecular complexity index is 3790. The molecule has 342 valence electrons. The summed E-state index contributed by atoms with van der Waals surface area (Å²) >= 11 is 0. The van der Waals surface area contributed by atoms with E-state index in [2.05, 4.69) is 10.3 Å². The number of allylic oxidation sites excluding steroid dienone is 4. The lowest BCUT2D eigenvalue weighted by Gasteiger charge is -2.25. The van der Waals surface area contributed by atoms with Gasteiger partial charge in [-0.15, -0.1) is 0 Å². The van der Waals surface area contributed by atoms with Gasteiger partial charge in [-0.3, -0.25) is 42.2 Å². The number of fused-ring (bicyclic) bond motifs is 3. The number of benzene rings is 4. The molecule has 1 saturated carbocycles. The van der Waals surface area contributed by atoms with Crippen LogP contribution in [0.2, 0.25) is 0 Å². The average molecular weight is 1000 g/mol. The van der Waals surface area contributed by atoms with Crippen LogP contribution < -0.4 is 10.9 Å². The molecule has 2 atom stereocenters. The van der Waals surface area contributed by atoms with E-state index in [1.165, 1.54) is 48.6 Å². The van der Waals surface area contributed by atoms with E-state index in [0.29, 0.717) is 12.1 Å². The molecule has 0 radical (unpaired) electrons. The van der Waals surface area contributed by atoms with Crippen molar-refractivity contribution < 1.29 is 79.5 Å². The molecule has 3 aliphatic carbocycles.